The number of aromatic nitrogens is 4. The van der Waals surface area contributed by atoms with Gasteiger partial charge in [0.15, 0.2) is 0 Å². The minimum atomic E-state index is -0.859. The molecule has 0 spiro atoms. The maximum atomic E-state index is 14.3. The van der Waals surface area contributed by atoms with Gasteiger partial charge in [0.05, 0.1) is 29.9 Å². The number of amides is 1. The number of nitrogens with one attached hydrogen (secondary N) is 2. The molecule has 7 rings (SSSR count). The number of hydrogen-bond donors (Lipinski definition) is 2. The lowest BCUT2D eigenvalue weighted by molar-refractivity contribution is 0.102. The predicted molar refractivity (Wildman–Crippen MR) is 196 cm³/mol. The molecule has 4 heterocycles. The molecule has 0 radical (unpaired) electrons. The third kappa shape index (κ3) is 7.02. The van der Waals surface area contributed by atoms with Gasteiger partial charge < -0.3 is 20.3 Å². The summed E-state index contributed by atoms with van der Waals surface area (Å²) in [6, 6.07) is 21.9. The van der Waals surface area contributed by atoms with Crippen molar-refractivity contribution in [2.24, 2.45) is 0 Å². The number of aryl methyl sites for hydroxylation is 1. The maximum Gasteiger partial charge on any atom is 0.255 e. The molecule has 0 unspecified atom stereocenters. The summed E-state index contributed by atoms with van der Waals surface area (Å²) in [5, 5.41) is 5.75. The van der Waals surface area contributed by atoms with E-state index in [1.165, 1.54) is 23.6 Å². The lowest BCUT2D eigenvalue weighted by Gasteiger charge is -2.33. The van der Waals surface area contributed by atoms with Gasteiger partial charge in [-0.25, -0.2) is 23.7 Å². The number of halogens is 2. The molecular formula is C40H39F2N7O2. The Morgan fingerprint density at radius 1 is 0.961 bits per heavy atom. The third-order valence-electron chi connectivity index (χ3n) is 9.43. The fraction of sp³-hybridized carbons (Fsp3) is 0.250. The van der Waals surface area contributed by atoms with Crippen LogP contribution in [-0.2, 0) is 0 Å². The molecule has 1 aliphatic rings. The minimum absolute atomic E-state index is 0.209. The number of nitrogens with zero attached hydrogens (tertiary/aromatic N) is 5. The Morgan fingerprint density at radius 2 is 1.75 bits per heavy atom. The first-order valence-corrected chi connectivity index (χ1v) is 17.2. The Balaban J connectivity index is 1.20. The van der Waals surface area contributed by atoms with Crippen LogP contribution in [0.2, 0.25) is 0 Å². The molecule has 2 N–H and O–H groups in total. The molecule has 3 aromatic carbocycles. The quantitative estimate of drug-likeness (QED) is 0.149. The van der Waals surface area contributed by atoms with E-state index in [1.807, 2.05) is 34.9 Å². The van der Waals surface area contributed by atoms with Gasteiger partial charge in [0, 0.05) is 23.5 Å². The fourth-order valence-electron chi connectivity index (χ4n) is 6.92. The first-order valence-electron chi connectivity index (χ1n) is 17.2. The number of likely N-dealkylation sites (tertiary alicyclic amines) is 1. The highest BCUT2D eigenvalue weighted by Crippen LogP contribution is 2.38. The van der Waals surface area contributed by atoms with E-state index in [-0.39, 0.29) is 5.56 Å². The molecular weight excluding hydrogens is 648 g/mol. The Morgan fingerprint density at radius 3 is 2.51 bits per heavy atom. The standard InChI is InChI=1S/C40H39F2N7O2/c1-4-18-48-20-15-26(16-21-48)29-24-34(51-3)33(22-25(29)2)45-40-43-17-14-32(44-40)38-36(46-35-13-5-6-19-49(35)38)27-9-7-10-28(23-27)39(50)47-37-30(41)11-8-12-31(37)42/h5-14,17,19,22-24,26H,4,15-16,18,20-21H2,1-3H3,(H,47,50)(H,43,44,45). The van der Waals surface area contributed by atoms with E-state index in [9.17, 15) is 13.6 Å². The SMILES string of the molecule is CCCN1CCC(c2cc(OC)c(Nc3nccc(-c4c(-c5cccc(C(=O)Nc6c(F)cccc6F)c5)nc5ccccn45)n3)cc2C)CC1. The second kappa shape index (κ2) is 14.7. The normalized spacial score (nSPS) is 13.7. The van der Waals surface area contributed by atoms with E-state index in [1.54, 1.807) is 37.6 Å². The van der Waals surface area contributed by atoms with Crippen molar-refractivity contribution in [1.82, 2.24) is 24.3 Å². The maximum absolute atomic E-state index is 14.3. The molecule has 0 atom stereocenters. The second-order valence-corrected chi connectivity index (χ2v) is 12.8. The minimum Gasteiger partial charge on any atom is -0.495 e. The van der Waals surface area contributed by atoms with Gasteiger partial charge in [-0.1, -0.05) is 31.2 Å². The van der Waals surface area contributed by atoms with Crippen molar-refractivity contribution in [1.29, 1.82) is 0 Å². The summed E-state index contributed by atoms with van der Waals surface area (Å²) >= 11 is 0. The number of piperidine rings is 1. The van der Waals surface area contributed by atoms with E-state index in [4.69, 9.17) is 14.7 Å². The molecule has 0 saturated carbocycles. The topological polar surface area (TPSA) is 96.7 Å². The number of methoxy groups -OCH3 is 1. The molecule has 6 aromatic rings. The Bertz CT molecular complexity index is 2190. The monoisotopic (exact) mass is 687 g/mol. The van der Waals surface area contributed by atoms with Crippen molar-refractivity contribution in [3.8, 4) is 28.4 Å². The van der Waals surface area contributed by atoms with Crippen molar-refractivity contribution >= 4 is 28.9 Å². The molecule has 51 heavy (non-hydrogen) atoms. The highest BCUT2D eigenvalue weighted by molar-refractivity contribution is 6.05. The number of para-hydroxylation sites is 1. The average Bonchev–Trinajstić information content (AvgIpc) is 3.54. The smallest absolute Gasteiger partial charge is 0.255 e. The highest BCUT2D eigenvalue weighted by Gasteiger charge is 2.24. The first kappa shape index (κ1) is 33.8. The predicted octanol–water partition coefficient (Wildman–Crippen LogP) is 8.64. The summed E-state index contributed by atoms with van der Waals surface area (Å²) in [7, 11) is 1.67. The third-order valence-corrected chi connectivity index (χ3v) is 9.43. The van der Waals surface area contributed by atoms with E-state index in [0.717, 1.165) is 56.0 Å². The molecule has 0 bridgehead atoms. The summed E-state index contributed by atoms with van der Waals surface area (Å²) in [5.74, 6) is -0.787. The molecule has 1 aliphatic heterocycles. The fourth-order valence-corrected chi connectivity index (χ4v) is 6.92. The zero-order chi connectivity index (χ0) is 35.5. The molecule has 1 fully saturated rings. The van der Waals surface area contributed by atoms with E-state index >= 15 is 0 Å². The molecule has 260 valence electrons. The summed E-state index contributed by atoms with van der Waals surface area (Å²) in [5.41, 5.74) is 6.12. The number of rotatable bonds is 10. The number of hydrogen-bond acceptors (Lipinski definition) is 7. The van der Waals surface area contributed by atoms with Crippen LogP contribution in [0.4, 0.5) is 26.1 Å². The number of anilines is 3. The van der Waals surface area contributed by atoms with Crippen molar-refractivity contribution in [2.45, 2.75) is 39.0 Å². The van der Waals surface area contributed by atoms with Gasteiger partial charge in [-0.3, -0.25) is 9.20 Å². The van der Waals surface area contributed by atoms with Crippen LogP contribution in [0.3, 0.4) is 0 Å². The molecule has 11 heteroatoms. The number of fused-ring (bicyclic) bond motifs is 1. The van der Waals surface area contributed by atoms with Crippen molar-refractivity contribution in [3.05, 3.63) is 120 Å². The number of imidazole rings is 1. The van der Waals surface area contributed by atoms with Crippen molar-refractivity contribution < 1.29 is 18.3 Å². The largest absolute Gasteiger partial charge is 0.495 e. The summed E-state index contributed by atoms with van der Waals surface area (Å²) in [6.07, 6.45) is 7.00. The number of pyridine rings is 1. The molecule has 0 aliphatic carbocycles. The number of carbonyl (C=O) groups is 1. The summed E-state index contributed by atoms with van der Waals surface area (Å²) < 4.78 is 36.4. The van der Waals surface area contributed by atoms with Crippen LogP contribution < -0.4 is 15.4 Å². The molecule has 1 saturated heterocycles. The zero-order valence-corrected chi connectivity index (χ0v) is 28.8. The molecule has 3 aromatic heterocycles. The van der Waals surface area contributed by atoms with Crippen LogP contribution in [0.1, 0.15) is 53.6 Å². The van der Waals surface area contributed by atoms with Crippen LogP contribution in [0.15, 0.2) is 91.3 Å². The van der Waals surface area contributed by atoms with Gasteiger partial charge in [0.25, 0.3) is 5.91 Å². The first-order chi connectivity index (χ1) is 24.8. The van der Waals surface area contributed by atoms with Crippen LogP contribution in [0.5, 0.6) is 5.75 Å². The lowest BCUT2D eigenvalue weighted by Crippen LogP contribution is -2.33. The summed E-state index contributed by atoms with van der Waals surface area (Å²) in [6.45, 7) is 7.74. The average molecular weight is 688 g/mol. The van der Waals surface area contributed by atoms with E-state index < -0.39 is 23.2 Å². The van der Waals surface area contributed by atoms with Crippen molar-refractivity contribution in [3.63, 3.8) is 0 Å². The second-order valence-electron chi connectivity index (χ2n) is 12.8. The van der Waals surface area contributed by atoms with Crippen LogP contribution in [0.25, 0.3) is 28.3 Å². The molecule has 9 nitrogen and oxygen atoms in total. The Hall–Kier alpha value is -5.68. The number of ether oxygens (including phenoxy) is 1. The molecule has 1 amide bonds. The van der Waals surface area contributed by atoms with Crippen LogP contribution >= 0.6 is 0 Å². The lowest BCUT2D eigenvalue weighted by atomic mass is 9.86. The van der Waals surface area contributed by atoms with Gasteiger partial charge in [0.1, 0.15) is 28.7 Å². The van der Waals surface area contributed by atoms with E-state index in [2.05, 4.69) is 46.5 Å². The van der Waals surface area contributed by atoms with Gasteiger partial charge in [-0.15, -0.1) is 0 Å². The Labute approximate surface area is 295 Å². The van der Waals surface area contributed by atoms with Gasteiger partial charge >= 0.3 is 0 Å². The zero-order valence-electron chi connectivity index (χ0n) is 28.8. The number of benzene rings is 3. The Kier molecular flexibility index (Phi) is 9.72. The van der Waals surface area contributed by atoms with Gasteiger partial charge in [-0.05, 0) is 117 Å². The number of carbonyl (C=O) groups excluding carboxylic acids is 1. The summed E-state index contributed by atoms with van der Waals surface area (Å²) in [4.78, 5) is 30.1. The van der Waals surface area contributed by atoms with Crippen LogP contribution in [-0.4, -0.2) is 56.9 Å². The highest BCUT2D eigenvalue weighted by atomic mass is 19.1. The van der Waals surface area contributed by atoms with Crippen molar-refractivity contribution in [2.75, 3.05) is 37.4 Å². The van der Waals surface area contributed by atoms with Gasteiger partial charge in [-0.2, -0.15) is 0 Å². The van der Waals surface area contributed by atoms with E-state index in [0.29, 0.717) is 40.2 Å². The van der Waals surface area contributed by atoms with Crippen LogP contribution in [0, 0.1) is 18.6 Å². The van der Waals surface area contributed by atoms with Gasteiger partial charge in [0.2, 0.25) is 5.95 Å².